The number of hydrogen-bond acceptors (Lipinski definition) is 3. The zero-order chi connectivity index (χ0) is 9.54. The van der Waals surface area contributed by atoms with Crippen LogP contribution in [0.25, 0.3) is 21.9 Å². The second-order valence-electron chi connectivity index (χ2n) is 3.36. The molecule has 0 amide bonds. The first-order valence-corrected chi connectivity index (χ1v) is 4.47. The van der Waals surface area contributed by atoms with E-state index in [2.05, 4.69) is 23.4 Å². The maximum absolute atomic E-state index is 5.05. The van der Waals surface area contributed by atoms with Crippen LogP contribution in [0.2, 0.25) is 0 Å². The third kappa shape index (κ3) is 0.865. The molecule has 3 heteroatoms. The number of benzene rings is 2. The van der Waals surface area contributed by atoms with Crippen LogP contribution in [-0.4, -0.2) is 10.4 Å². The Morgan fingerprint density at radius 3 is 2.79 bits per heavy atom. The van der Waals surface area contributed by atoms with E-state index in [0.29, 0.717) is 0 Å². The summed E-state index contributed by atoms with van der Waals surface area (Å²) in [5.74, 6) is 0. The number of rotatable bonds is 0. The van der Waals surface area contributed by atoms with Crippen LogP contribution in [0.3, 0.4) is 0 Å². The Bertz CT molecular complexity index is 613. The predicted octanol–water partition coefficient (Wildman–Crippen LogP) is 2.68. The number of hydrogen-bond donors (Lipinski definition) is 0. The van der Waals surface area contributed by atoms with Gasteiger partial charge in [0.25, 0.3) is 0 Å². The Morgan fingerprint density at radius 1 is 1.14 bits per heavy atom. The van der Waals surface area contributed by atoms with Crippen molar-refractivity contribution in [2.24, 2.45) is 0 Å². The lowest BCUT2D eigenvalue weighted by Crippen LogP contribution is -1.79. The summed E-state index contributed by atoms with van der Waals surface area (Å²) in [4.78, 5) is 0. The lowest BCUT2D eigenvalue weighted by atomic mass is 10.0. The maximum Gasteiger partial charge on any atom is 0.188 e. The summed E-state index contributed by atoms with van der Waals surface area (Å²) in [6.07, 6.45) is 0. The maximum atomic E-state index is 5.05. The minimum absolute atomic E-state index is 0.751. The van der Waals surface area contributed by atoms with Gasteiger partial charge in [0.05, 0.1) is 0 Å². The van der Waals surface area contributed by atoms with Crippen LogP contribution in [0.1, 0.15) is 5.56 Å². The lowest BCUT2D eigenvalue weighted by molar-refractivity contribution is 0.424. The van der Waals surface area contributed by atoms with E-state index in [-0.39, 0.29) is 0 Å². The van der Waals surface area contributed by atoms with Crippen molar-refractivity contribution in [3.63, 3.8) is 0 Å². The first-order chi connectivity index (χ1) is 6.86. The second kappa shape index (κ2) is 2.54. The molecule has 3 nitrogen and oxygen atoms in total. The molecule has 0 radical (unpaired) electrons. The van der Waals surface area contributed by atoms with Crippen molar-refractivity contribution in [3.8, 4) is 0 Å². The highest BCUT2D eigenvalue weighted by Gasteiger charge is 2.07. The molecule has 0 aliphatic carbocycles. The molecular formula is C11H8N2O. The fraction of sp³-hybridized carbons (Fsp3) is 0.0909. The molecule has 0 atom stereocenters. The van der Waals surface area contributed by atoms with Gasteiger partial charge in [0.15, 0.2) is 5.58 Å². The summed E-state index contributed by atoms with van der Waals surface area (Å²) in [6, 6.07) is 10.1. The average Bonchev–Trinajstić information content (AvgIpc) is 2.66. The van der Waals surface area contributed by atoms with E-state index < -0.39 is 0 Å². The third-order valence-corrected chi connectivity index (χ3v) is 2.47. The van der Waals surface area contributed by atoms with Crippen molar-refractivity contribution < 1.29 is 4.52 Å². The number of fused-ring (bicyclic) bond motifs is 3. The molecular weight excluding hydrogens is 176 g/mol. The van der Waals surface area contributed by atoms with Crippen molar-refractivity contribution in [1.29, 1.82) is 0 Å². The van der Waals surface area contributed by atoms with Gasteiger partial charge in [0.1, 0.15) is 5.52 Å². The molecule has 3 aromatic rings. The van der Waals surface area contributed by atoms with Crippen LogP contribution < -0.4 is 0 Å². The smallest absolute Gasteiger partial charge is 0.188 e. The molecule has 0 saturated carbocycles. The molecule has 0 spiro atoms. The van der Waals surface area contributed by atoms with E-state index in [4.69, 9.17) is 4.52 Å². The zero-order valence-corrected chi connectivity index (χ0v) is 7.69. The molecule has 0 bridgehead atoms. The Hall–Kier alpha value is -1.90. The highest BCUT2D eigenvalue weighted by molar-refractivity contribution is 6.04. The summed E-state index contributed by atoms with van der Waals surface area (Å²) in [6.45, 7) is 2.06. The Kier molecular flexibility index (Phi) is 1.36. The summed E-state index contributed by atoms with van der Waals surface area (Å²) >= 11 is 0. The van der Waals surface area contributed by atoms with Gasteiger partial charge in [-0.1, -0.05) is 24.3 Å². The lowest BCUT2D eigenvalue weighted by Gasteiger charge is -2.00. The molecule has 0 unspecified atom stereocenters. The molecule has 68 valence electrons. The molecule has 0 fully saturated rings. The highest BCUT2D eigenvalue weighted by Crippen LogP contribution is 2.26. The van der Waals surface area contributed by atoms with Crippen molar-refractivity contribution in [3.05, 3.63) is 35.9 Å². The van der Waals surface area contributed by atoms with Gasteiger partial charge in [-0.3, -0.25) is 0 Å². The van der Waals surface area contributed by atoms with Gasteiger partial charge in [-0.05, 0) is 23.9 Å². The summed E-state index contributed by atoms with van der Waals surface area (Å²) < 4.78 is 5.05. The Labute approximate surface area is 80.3 Å². The van der Waals surface area contributed by atoms with Gasteiger partial charge in [0, 0.05) is 10.7 Å². The third-order valence-electron chi connectivity index (χ3n) is 2.47. The SMILES string of the molecule is Cc1cc2onnc2c2ccccc12. The largest absolute Gasteiger partial charge is 0.337 e. The molecule has 0 N–H and O–H groups in total. The van der Waals surface area contributed by atoms with Crippen LogP contribution in [0.5, 0.6) is 0 Å². The van der Waals surface area contributed by atoms with E-state index in [0.717, 1.165) is 16.5 Å². The van der Waals surface area contributed by atoms with Crippen molar-refractivity contribution in [1.82, 2.24) is 10.4 Å². The minimum Gasteiger partial charge on any atom is -0.337 e. The standard InChI is InChI=1S/C11H8N2O/c1-7-6-10-11(12-13-14-10)9-5-3-2-4-8(7)9/h2-6H,1H3. The van der Waals surface area contributed by atoms with Crippen LogP contribution in [-0.2, 0) is 0 Å². The summed E-state index contributed by atoms with van der Waals surface area (Å²) in [5, 5.41) is 9.84. The van der Waals surface area contributed by atoms with E-state index in [1.54, 1.807) is 0 Å². The molecule has 0 saturated heterocycles. The number of nitrogens with zero attached hydrogens (tertiary/aromatic N) is 2. The zero-order valence-electron chi connectivity index (χ0n) is 7.69. The van der Waals surface area contributed by atoms with Crippen LogP contribution in [0.4, 0.5) is 0 Å². The van der Waals surface area contributed by atoms with Crippen LogP contribution in [0.15, 0.2) is 34.9 Å². The predicted molar refractivity (Wildman–Crippen MR) is 54.0 cm³/mol. The molecule has 0 aliphatic heterocycles. The normalized spacial score (nSPS) is 11.2. The quantitative estimate of drug-likeness (QED) is 0.539. The Balaban J connectivity index is 2.67. The van der Waals surface area contributed by atoms with Gasteiger partial charge in [-0.2, -0.15) is 0 Å². The molecule has 3 rings (SSSR count). The van der Waals surface area contributed by atoms with Crippen LogP contribution in [0, 0.1) is 6.92 Å². The molecule has 2 aromatic carbocycles. The Morgan fingerprint density at radius 2 is 1.93 bits per heavy atom. The van der Waals surface area contributed by atoms with Gasteiger partial charge in [-0.15, -0.1) is 5.10 Å². The van der Waals surface area contributed by atoms with E-state index in [1.165, 1.54) is 10.9 Å². The number of aromatic nitrogens is 2. The van der Waals surface area contributed by atoms with Gasteiger partial charge < -0.3 is 4.52 Å². The topological polar surface area (TPSA) is 38.9 Å². The summed E-state index contributed by atoms with van der Waals surface area (Å²) in [5.41, 5.74) is 2.78. The second-order valence-corrected chi connectivity index (χ2v) is 3.36. The monoisotopic (exact) mass is 184 g/mol. The highest BCUT2D eigenvalue weighted by atomic mass is 16.5. The molecule has 1 aromatic heterocycles. The van der Waals surface area contributed by atoms with Crippen molar-refractivity contribution >= 4 is 21.9 Å². The van der Waals surface area contributed by atoms with Gasteiger partial charge in [-0.25, -0.2) is 0 Å². The fourth-order valence-electron chi connectivity index (χ4n) is 1.79. The molecule has 0 aliphatic rings. The van der Waals surface area contributed by atoms with Gasteiger partial charge >= 0.3 is 0 Å². The first kappa shape index (κ1) is 7.50. The minimum atomic E-state index is 0.751. The number of aryl methyl sites for hydroxylation is 1. The molecule has 14 heavy (non-hydrogen) atoms. The molecule has 1 heterocycles. The van der Waals surface area contributed by atoms with Crippen LogP contribution >= 0.6 is 0 Å². The first-order valence-electron chi connectivity index (χ1n) is 4.47. The van der Waals surface area contributed by atoms with Crippen molar-refractivity contribution in [2.45, 2.75) is 6.92 Å². The van der Waals surface area contributed by atoms with E-state index in [9.17, 15) is 0 Å². The fourth-order valence-corrected chi connectivity index (χ4v) is 1.79. The average molecular weight is 184 g/mol. The van der Waals surface area contributed by atoms with E-state index in [1.807, 2.05) is 24.3 Å². The van der Waals surface area contributed by atoms with E-state index >= 15 is 0 Å². The van der Waals surface area contributed by atoms with Gasteiger partial charge in [0.2, 0.25) is 0 Å². The van der Waals surface area contributed by atoms with Crippen molar-refractivity contribution in [2.75, 3.05) is 0 Å². The summed E-state index contributed by atoms with van der Waals surface area (Å²) in [7, 11) is 0.